The Bertz CT molecular complexity index is 670. The molecule has 0 aromatic carbocycles. The van der Waals surface area contributed by atoms with Crippen molar-refractivity contribution in [2.24, 2.45) is 7.05 Å². The Hall–Kier alpha value is -2.71. The van der Waals surface area contributed by atoms with Crippen molar-refractivity contribution in [3.8, 4) is 11.9 Å². The van der Waals surface area contributed by atoms with Gasteiger partial charge in [0.1, 0.15) is 0 Å². The zero-order chi connectivity index (χ0) is 15.6. The van der Waals surface area contributed by atoms with E-state index in [0.717, 1.165) is 0 Å². The minimum absolute atomic E-state index is 0.114. The standard InChI is InChI=1S/C12H17N7O2/c1-17(2)10-13-11(18(3)4)15-12(14-10)21-8-6-7-9(20)19(5)16-8/h6-7H,1-5H3. The summed E-state index contributed by atoms with van der Waals surface area (Å²) in [5.74, 6) is 1.17. The first-order valence-corrected chi connectivity index (χ1v) is 6.20. The van der Waals surface area contributed by atoms with Crippen molar-refractivity contribution in [1.82, 2.24) is 24.7 Å². The van der Waals surface area contributed by atoms with Crippen LogP contribution in [0.4, 0.5) is 11.9 Å². The van der Waals surface area contributed by atoms with E-state index >= 15 is 0 Å². The molecule has 0 spiro atoms. The highest BCUT2D eigenvalue weighted by Crippen LogP contribution is 2.18. The summed E-state index contributed by atoms with van der Waals surface area (Å²) < 4.78 is 6.69. The van der Waals surface area contributed by atoms with Crippen LogP contribution in [-0.4, -0.2) is 52.9 Å². The second-order valence-electron chi connectivity index (χ2n) is 4.74. The van der Waals surface area contributed by atoms with E-state index in [9.17, 15) is 4.79 Å². The monoisotopic (exact) mass is 291 g/mol. The predicted octanol–water partition coefficient (Wildman–Crippen LogP) is -0.110. The number of aryl methyl sites for hydroxylation is 1. The first-order chi connectivity index (χ1) is 9.86. The lowest BCUT2D eigenvalue weighted by atomic mass is 10.5. The Morgan fingerprint density at radius 3 is 2.05 bits per heavy atom. The summed E-state index contributed by atoms with van der Waals surface area (Å²) in [6.45, 7) is 0. The molecule has 2 rings (SSSR count). The summed E-state index contributed by atoms with van der Waals surface area (Å²) in [7, 11) is 8.83. The molecule has 0 N–H and O–H groups in total. The molecule has 0 unspecified atom stereocenters. The minimum atomic E-state index is -0.221. The van der Waals surface area contributed by atoms with Crippen LogP contribution in [0.1, 0.15) is 0 Å². The summed E-state index contributed by atoms with van der Waals surface area (Å²) in [5, 5.41) is 3.97. The molecule has 0 aliphatic rings. The number of hydrogen-bond donors (Lipinski definition) is 0. The molecule has 0 radical (unpaired) electrons. The molecule has 9 heteroatoms. The van der Waals surface area contributed by atoms with Gasteiger partial charge in [-0.1, -0.05) is 0 Å². The van der Waals surface area contributed by atoms with Crippen LogP contribution in [0.25, 0.3) is 0 Å². The van der Waals surface area contributed by atoms with Crippen LogP contribution in [0, 0.1) is 0 Å². The van der Waals surface area contributed by atoms with Gasteiger partial charge in [0.15, 0.2) is 0 Å². The maximum absolute atomic E-state index is 11.3. The van der Waals surface area contributed by atoms with Crippen LogP contribution in [0.15, 0.2) is 16.9 Å². The fourth-order valence-electron chi connectivity index (χ4n) is 1.41. The molecule has 0 saturated carbocycles. The third-order valence-corrected chi connectivity index (χ3v) is 2.52. The molecule has 0 saturated heterocycles. The highest BCUT2D eigenvalue weighted by Gasteiger charge is 2.12. The Labute approximate surface area is 121 Å². The van der Waals surface area contributed by atoms with Gasteiger partial charge in [-0.3, -0.25) is 4.79 Å². The topological polar surface area (TPSA) is 89.3 Å². The second-order valence-corrected chi connectivity index (χ2v) is 4.74. The zero-order valence-electron chi connectivity index (χ0n) is 12.6. The molecule has 2 aromatic heterocycles. The smallest absolute Gasteiger partial charge is 0.330 e. The van der Waals surface area contributed by atoms with E-state index in [1.165, 1.54) is 16.8 Å². The molecule has 0 aliphatic carbocycles. The van der Waals surface area contributed by atoms with Gasteiger partial charge in [0.25, 0.3) is 5.56 Å². The highest BCUT2D eigenvalue weighted by atomic mass is 16.5. The first-order valence-electron chi connectivity index (χ1n) is 6.20. The highest BCUT2D eigenvalue weighted by molar-refractivity contribution is 5.38. The lowest BCUT2D eigenvalue weighted by Gasteiger charge is -2.15. The second kappa shape index (κ2) is 5.73. The van der Waals surface area contributed by atoms with Gasteiger partial charge in [0, 0.05) is 47.4 Å². The van der Waals surface area contributed by atoms with Crippen molar-refractivity contribution < 1.29 is 4.74 Å². The van der Waals surface area contributed by atoms with Gasteiger partial charge in [0.05, 0.1) is 0 Å². The minimum Gasteiger partial charge on any atom is -0.403 e. The first kappa shape index (κ1) is 14.7. The molecule has 21 heavy (non-hydrogen) atoms. The zero-order valence-corrected chi connectivity index (χ0v) is 12.6. The van der Waals surface area contributed by atoms with Gasteiger partial charge in [-0.2, -0.15) is 15.0 Å². The number of ether oxygens (including phenoxy) is 1. The molecule has 0 aliphatic heterocycles. The summed E-state index contributed by atoms with van der Waals surface area (Å²) in [6.07, 6.45) is 0. The predicted molar refractivity (Wildman–Crippen MR) is 78.0 cm³/mol. The average molecular weight is 291 g/mol. The number of aromatic nitrogens is 5. The van der Waals surface area contributed by atoms with E-state index < -0.39 is 0 Å². The molecule has 0 fully saturated rings. The number of hydrogen-bond acceptors (Lipinski definition) is 8. The van der Waals surface area contributed by atoms with E-state index in [1.807, 2.05) is 28.2 Å². The van der Waals surface area contributed by atoms with Crippen molar-refractivity contribution in [1.29, 1.82) is 0 Å². The van der Waals surface area contributed by atoms with Crippen LogP contribution in [0.2, 0.25) is 0 Å². The molecule has 9 nitrogen and oxygen atoms in total. The fraction of sp³-hybridized carbons (Fsp3) is 0.417. The van der Waals surface area contributed by atoms with Gasteiger partial charge in [-0.05, 0) is 0 Å². The molecular weight excluding hydrogens is 274 g/mol. The molecular formula is C12H17N7O2. The number of nitrogens with zero attached hydrogens (tertiary/aromatic N) is 7. The van der Waals surface area contributed by atoms with Crippen LogP contribution in [-0.2, 0) is 7.05 Å². The van der Waals surface area contributed by atoms with Gasteiger partial charge < -0.3 is 14.5 Å². The van der Waals surface area contributed by atoms with Crippen LogP contribution >= 0.6 is 0 Å². The molecule has 112 valence electrons. The lowest BCUT2D eigenvalue weighted by Crippen LogP contribution is -2.20. The molecule has 2 heterocycles. The quantitative estimate of drug-likeness (QED) is 0.771. The SMILES string of the molecule is CN(C)c1nc(Oc2ccc(=O)n(C)n2)nc(N(C)C)n1. The van der Waals surface area contributed by atoms with Crippen LogP contribution in [0.5, 0.6) is 11.9 Å². The van der Waals surface area contributed by atoms with E-state index in [1.54, 1.807) is 16.8 Å². The maximum Gasteiger partial charge on any atom is 0.330 e. The van der Waals surface area contributed by atoms with Gasteiger partial charge >= 0.3 is 6.01 Å². The summed E-state index contributed by atoms with van der Waals surface area (Å²) >= 11 is 0. The van der Waals surface area contributed by atoms with Crippen LogP contribution < -0.4 is 20.1 Å². The molecule has 2 aromatic rings. The van der Waals surface area contributed by atoms with Crippen molar-refractivity contribution >= 4 is 11.9 Å². The van der Waals surface area contributed by atoms with Crippen molar-refractivity contribution in [3.05, 3.63) is 22.5 Å². The van der Waals surface area contributed by atoms with Crippen molar-refractivity contribution in [2.45, 2.75) is 0 Å². The van der Waals surface area contributed by atoms with Crippen molar-refractivity contribution in [2.75, 3.05) is 38.0 Å². The molecule has 0 amide bonds. The van der Waals surface area contributed by atoms with Crippen molar-refractivity contribution in [3.63, 3.8) is 0 Å². The van der Waals surface area contributed by atoms with Gasteiger partial charge in [-0.25, -0.2) is 4.68 Å². The summed E-state index contributed by atoms with van der Waals surface area (Å²) in [5.41, 5.74) is -0.221. The largest absolute Gasteiger partial charge is 0.403 e. The van der Waals surface area contributed by atoms with Crippen LogP contribution in [0.3, 0.4) is 0 Å². The lowest BCUT2D eigenvalue weighted by molar-refractivity contribution is 0.406. The van der Waals surface area contributed by atoms with Gasteiger partial charge in [-0.15, -0.1) is 5.10 Å². The Morgan fingerprint density at radius 1 is 1.00 bits per heavy atom. The average Bonchev–Trinajstić information content (AvgIpc) is 2.42. The third-order valence-electron chi connectivity index (χ3n) is 2.52. The van der Waals surface area contributed by atoms with E-state index in [2.05, 4.69) is 20.1 Å². The Morgan fingerprint density at radius 2 is 1.57 bits per heavy atom. The summed E-state index contributed by atoms with van der Waals surface area (Å²) in [6, 6.07) is 2.95. The number of anilines is 2. The van der Waals surface area contributed by atoms with E-state index in [0.29, 0.717) is 11.9 Å². The maximum atomic E-state index is 11.3. The Kier molecular flexibility index (Phi) is 4.01. The van der Waals surface area contributed by atoms with E-state index in [-0.39, 0.29) is 17.4 Å². The summed E-state index contributed by atoms with van der Waals surface area (Å²) in [4.78, 5) is 27.5. The van der Waals surface area contributed by atoms with E-state index in [4.69, 9.17) is 4.74 Å². The van der Waals surface area contributed by atoms with Gasteiger partial charge in [0.2, 0.25) is 17.8 Å². The normalized spacial score (nSPS) is 10.3. The Balaban J connectivity index is 2.38. The third kappa shape index (κ3) is 3.44. The fourth-order valence-corrected chi connectivity index (χ4v) is 1.41. The molecule has 0 atom stereocenters. The number of rotatable bonds is 4. The molecule has 0 bridgehead atoms.